The Bertz CT molecular complexity index is 688. The van der Waals surface area contributed by atoms with Crippen LogP contribution in [-0.4, -0.2) is 26.3 Å². The van der Waals surface area contributed by atoms with Crippen LogP contribution in [0.1, 0.15) is 33.4 Å². The number of fused-ring (bicyclic) bond motifs is 1. The van der Waals surface area contributed by atoms with Crippen molar-refractivity contribution in [1.29, 1.82) is 0 Å². The van der Waals surface area contributed by atoms with E-state index >= 15 is 4.39 Å². The van der Waals surface area contributed by atoms with Crippen LogP contribution in [0.5, 0.6) is 0 Å². The van der Waals surface area contributed by atoms with Crippen LogP contribution < -0.4 is 0 Å². The predicted octanol–water partition coefficient (Wildman–Crippen LogP) is 3.90. The highest BCUT2D eigenvalue weighted by Gasteiger charge is 2.52. The molecule has 4 atom stereocenters. The van der Waals surface area contributed by atoms with E-state index in [1.807, 2.05) is 6.92 Å². The fourth-order valence-corrected chi connectivity index (χ4v) is 3.19. The van der Waals surface area contributed by atoms with E-state index in [2.05, 4.69) is 9.97 Å². The summed E-state index contributed by atoms with van der Waals surface area (Å²) in [5.41, 5.74) is -1.39. The van der Waals surface area contributed by atoms with Gasteiger partial charge in [-0.1, -0.05) is 25.4 Å². The first-order valence-electron chi connectivity index (χ1n) is 6.88. The van der Waals surface area contributed by atoms with Gasteiger partial charge in [-0.2, -0.15) is 0 Å². The van der Waals surface area contributed by atoms with Crippen molar-refractivity contribution in [2.24, 2.45) is 5.92 Å². The molecule has 1 fully saturated rings. The number of alkyl halides is 1. The SMILES string of the molecule is CC[C@H]1O[C@@H](n2cc(F)c3c(Cl)ncnc32)[C@](C)(F)[C@@H]1C. The van der Waals surface area contributed by atoms with Gasteiger partial charge in [-0.3, -0.25) is 4.57 Å². The molecule has 0 radical (unpaired) electrons. The lowest BCUT2D eigenvalue weighted by Gasteiger charge is -2.25. The molecule has 1 aliphatic rings. The van der Waals surface area contributed by atoms with Gasteiger partial charge in [0.25, 0.3) is 0 Å². The zero-order valence-electron chi connectivity index (χ0n) is 12.0. The predicted molar refractivity (Wildman–Crippen MR) is 75.4 cm³/mol. The van der Waals surface area contributed by atoms with Crippen LogP contribution in [0.25, 0.3) is 11.0 Å². The number of ether oxygens (including phenoxy) is 1. The van der Waals surface area contributed by atoms with Gasteiger partial charge in [0.1, 0.15) is 17.1 Å². The summed E-state index contributed by atoms with van der Waals surface area (Å²) in [6.45, 7) is 5.22. The second-order valence-electron chi connectivity index (χ2n) is 5.62. The number of aromatic nitrogens is 3. The van der Waals surface area contributed by atoms with Crippen LogP contribution in [-0.2, 0) is 4.74 Å². The Morgan fingerprint density at radius 1 is 1.48 bits per heavy atom. The van der Waals surface area contributed by atoms with Crippen molar-refractivity contribution in [3.63, 3.8) is 0 Å². The lowest BCUT2D eigenvalue weighted by atomic mass is 9.88. The highest BCUT2D eigenvalue weighted by Crippen LogP contribution is 2.47. The normalized spacial score (nSPS) is 33.0. The highest BCUT2D eigenvalue weighted by atomic mass is 35.5. The molecule has 7 heteroatoms. The zero-order chi connectivity index (χ0) is 15.4. The van der Waals surface area contributed by atoms with E-state index in [4.69, 9.17) is 16.3 Å². The Balaban J connectivity index is 2.15. The average molecular weight is 316 g/mol. The second-order valence-corrected chi connectivity index (χ2v) is 5.98. The van der Waals surface area contributed by atoms with Crippen LogP contribution in [0, 0.1) is 11.7 Å². The third-order valence-corrected chi connectivity index (χ3v) is 4.69. The van der Waals surface area contributed by atoms with Gasteiger partial charge in [-0.25, -0.2) is 18.7 Å². The summed E-state index contributed by atoms with van der Waals surface area (Å²) in [4.78, 5) is 7.79. The van der Waals surface area contributed by atoms with Gasteiger partial charge >= 0.3 is 0 Å². The first-order valence-corrected chi connectivity index (χ1v) is 7.26. The van der Waals surface area contributed by atoms with Gasteiger partial charge in [0, 0.05) is 12.1 Å². The van der Waals surface area contributed by atoms with Crippen LogP contribution in [0.15, 0.2) is 12.5 Å². The maximum atomic E-state index is 15.1. The molecule has 2 aromatic rings. The lowest BCUT2D eigenvalue weighted by Crippen LogP contribution is -2.33. The molecule has 4 nitrogen and oxygen atoms in total. The molecule has 0 bridgehead atoms. The lowest BCUT2D eigenvalue weighted by molar-refractivity contribution is -0.0450. The van der Waals surface area contributed by atoms with E-state index in [-0.39, 0.29) is 28.2 Å². The monoisotopic (exact) mass is 315 g/mol. The van der Waals surface area contributed by atoms with Gasteiger partial charge in [0.05, 0.1) is 11.5 Å². The third kappa shape index (κ3) is 2.04. The van der Waals surface area contributed by atoms with Crippen molar-refractivity contribution >= 4 is 22.6 Å². The second kappa shape index (κ2) is 4.88. The molecule has 0 N–H and O–H groups in total. The van der Waals surface area contributed by atoms with Crippen molar-refractivity contribution in [2.45, 2.75) is 45.2 Å². The van der Waals surface area contributed by atoms with Gasteiger partial charge in [0.2, 0.25) is 0 Å². The molecule has 0 amide bonds. The Kier molecular flexibility index (Phi) is 3.41. The van der Waals surface area contributed by atoms with E-state index in [9.17, 15) is 4.39 Å². The Labute approximate surface area is 126 Å². The molecule has 0 saturated carbocycles. The number of hydrogen-bond acceptors (Lipinski definition) is 3. The van der Waals surface area contributed by atoms with E-state index in [0.29, 0.717) is 6.42 Å². The molecule has 3 rings (SSSR count). The zero-order valence-corrected chi connectivity index (χ0v) is 12.7. The molecule has 1 saturated heterocycles. The fourth-order valence-electron chi connectivity index (χ4n) is 2.98. The Hall–Kier alpha value is -1.27. The molecule has 0 unspecified atom stereocenters. The molecular formula is C14H16ClF2N3O. The van der Waals surface area contributed by atoms with Crippen LogP contribution in [0.4, 0.5) is 8.78 Å². The van der Waals surface area contributed by atoms with E-state index in [1.54, 1.807) is 6.92 Å². The molecule has 1 aliphatic heterocycles. The summed E-state index contributed by atoms with van der Waals surface area (Å²) in [6.07, 6.45) is 1.94. The molecule has 21 heavy (non-hydrogen) atoms. The number of halogens is 3. The topological polar surface area (TPSA) is 39.9 Å². The standard InChI is InChI=1S/C14H16ClF2N3O/c1-4-9-7(2)14(3,17)13(21-9)20-5-8(16)10-11(15)18-6-19-12(10)20/h5-7,9,13H,4H2,1-3H3/t7-,9-,13-,14-/m1/s1. The van der Waals surface area contributed by atoms with Crippen molar-refractivity contribution in [3.05, 3.63) is 23.5 Å². The summed E-state index contributed by atoms with van der Waals surface area (Å²) >= 11 is 5.90. The van der Waals surface area contributed by atoms with Gasteiger partial charge in [0.15, 0.2) is 17.7 Å². The Morgan fingerprint density at radius 3 is 2.81 bits per heavy atom. The summed E-state index contributed by atoms with van der Waals surface area (Å²) in [5.74, 6) is -0.882. The molecule has 114 valence electrons. The van der Waals surface area contributed by atoms with Gasteiger partial charge < -0.3 is 4.74 Å². The summed E-state index contributed by atoms with van der Waals surface area (Å²) < 4.78 is 36.4. The smallest absolute Gasteiger partial charge is 0.169 e. The van der Waals surface area contributed by atoms with Crippen molar-refractivity contribution in [2.75, 3.05) is 0 Å². The molecule has 0 spiro atoms. The van der Waals surface area contributed by atoms with Crippen molar-refractivity contribution < 1.29 is 13.5 Å². The summed E-state index contributed by atoms with van der Waals surface area (Å²) in [6, 6.07) is 0. The van der Waals surface area contributed by atoms with Crippen LogP contribution in [0.2, 0.25) is 5.15 Å². The maximum Gasteiger partial charge on any atom is 0.169 e. The summed E-state index contributed by atoms with van der Waals surface area (Å²) in [5, 5.41) is 0.0982. The molecule has 2 aromatic heterocycles. The first-order chi connectivity index (χ1) is 9.87. The molecular weight excluding hydrogens is 300 g/mol. The maximum absolute atomic E-state index is 15.1. The quantitative estimate of drug-likeness (QED) is 0.789. The third-order valence-electron chi connectivity index (χ3n) is 4.41. The minimum Gasteiger partial charge on any atom is -0.351 e. The van der Waals surface area contributed by atoms with Crippen LogP contribution in [0.3, 0.4) is 0 Å². The van der Waals surface area contributed by atoms with Gasteiger partial charge in [-0.15, -0.1) is 0 Å². The van der Waals surface area contributed by atoms with E-state index < -0.39 is 17.7 Å². The number of nitrogens with zero attached hydrogens (tertiary/aromatic N) is 3. The molecule has 3 heterocycles. The molecule has 0 aliphatic carbocycles. The van der Waals surface area contributed by atoms with Crippen molar-refractivity contribution in [1.82, 2.24) is 14.5 Å². The summed E-state index contributed by atoms with van der Waals surface area (Å²) in [7, 11) is 0. The average Bonchev–Trinajstić information content (AvgIpc) is 2.87. The Morgan fingerprint density at radius 2 is 2.19 bits per heavy atom. The van der Waals surface area contributed by atoms with Gasteiger partial charge in [-0.05, 0) is 13.3 Å². The van der Waals surface area contributed by atoms with Crippen LogP contribution >= 0.6 is 11.6 Å². The minimum absolute atomic E-state index is 0.00916. The minimum atomic E-state index is -1.63. The largest absolute Gasteiger partial charge is 0.351 e. The number of hydrogen-bond donors (Lipinski definition) is 0. The van der Waals surface area contributed by atoms with E-state index in [0.717, 1.165) is 0 Å². The first kappa shape index (κ1) is 14.7. The van der Waals surface area contributed by atoms with E-state index in [1.165, 1.54) is 24.0 Å². The van der Waals surface area contributed by atoms with Crippen molar-refractivity contribution in [3.8, 4) is 0 Å². The fraction of sp³-hybridized carbons (Fsp3) is 0.571. The highest BCUT2D eigenvalue weighted by molar-refractivity contribution is 6.34. The molecule has 0 aromatic carbocycles. The number of rotatable bonds is 2.